The summed E-state index contributed by atoms with van der Waals surface area (Å²) in [4.78, 5) is 14.9. The Bertz CT molecular complexity index is 776. The molecule has 2 aliphatic carbocycles. The highest BCUT2D eigenvalue weighted by Crippen LogP contribution is 2.54. The van der Waals surface area contributed by atoms with Crippen LogP contribution in [0.15, 0.2) is 42.0 Å². The van der Waals surface area contributed by atoms with Gasteiger partial charge >= 0.3 is 5.97 Å². The van der Waals surface area contributed by atoms with Crippen molar-refractivity contribution in [3.05, 3.63) is 47.5 Å². The summed E-state index contributed by atoms with van der Waals surface area (Å²) >= 11 is 0. The van der Waals surface area contributed by atoms with E-state index in [0.717, 1.165) is 12.0 Å². The number of hydrogen-bond acceptors (Lipinski definition) is 4. The fraction of sp³-hybridized carbons (Fsp3) is 0.640. The monoisotopic (exact) mass is 397 g/mol. The number of fused-ring (bicyclic) bond motifs is 2. The molecule has 0 spiro atoms. The summed E-state index contributed by atoms with van der Waals surface area (Å²) < 4.78 is 5.88. The lowest BCUT2D eigenvalue weighted by Crippen LogP contribution is -2.42. The zero-order valence-corrected chi connectivity index (χ0v) is 18.2. The number of aliphatic hydroxyl groups excluding tert-OH is 1. The van der Waals surface area contributed by atoms with Gasteiger partial charge in [-0.2, -0.15) is 0 Å². The number of carbonyl (C=O) groups excluding carboxylic acids is 1. The van der Waals surface area contributed by atoms with E-state index in [-0.39, 0.29) is 35.4 Å². The first-order chi connectivity index (χ1) is 13.8. The van der Waals surface area contributed by atoms with Crippen molar-refractivity contribution in [1.29, 1.82) is 0 Å². The molecule has 1 heterocycles. The van der Waals surface area contributed by atoms with Crippen LogP contribution < -0.4 is 0 Å². The van der Waals surface area contributed by atoms with Crippen LogP contribution in [0.4, 0.5) is 0 Å². The number of rotatable bonds is 5. The molecule has 4 rings (SSSR count). The Balaban J connectivity index is 1.50. The molecular formula is C25H35NO3. The van der Waals surface area contributed by atoms with E-state index in [9.17, 15) is 9.90 Å². The number of allylic oxidation sites excluding steroid dienone is 1. The maximum Gasteiger partial charge on any atom is 0.311 e. The van der Waals surface area contributed by atoms with Crippen molar-refractivity contribution < 1.29 is 14.6 Å². The minimum atomic E-state index is -0.583. The van der Waals surface area contributed by atoms with Crippen molar-refractivity contribution in [2.75, 3.05) is 13.6 Å². The molecule has 1 aliphatic heterocycles. The summed E-state index contributed by atoms with van der Waals surface area (Å²) in [6, 6.07) is 9.66. The van der Waals surface area contributed by atoms with Gasteiger partial charge < -0.3 is 9.84 Å². The van der Waals surface area contributed by atoms with Gasteiger partial charge in [-0.25, -0.2) is 0 Å². The number of hydrogen-bond donors (Lipinski definition) is 1. The minimum Gasteiger partial charge on any atom is -0.461 e. The zero-order chi connectivity index (χ0) is 20.8. The van der Waals surface area contributed by atoms with Crippen LogP contribution in [0.3, 0.4) is 0 Å². The van der Waals surface area contributed by atoms with Gasteiger partial charge in [0.25, 0.3) is 0 Å². The fourth-order valence-electron chi connectivity index (χ4n) is 5.91. The maximum absolute atomic E-state index is 12.8. The van der Waals surface area contributed by atoms with E-state index in [4.69, 9.17) is 4.74 Å². The smallest absolute Gasteiger partial charge is 0.311 e. The molecule has 4 nitrogen and oxygen atoms in total. The Morgan fingerprint density at radius 3 is 2.76 bits per heavy atom. The molecule has 158 valence electrons. The molecule has 0 aromatic heterocycles. The zero-order valence-electron chi connectivity index (χ0n) is 18.2. The predicted octanol–water partition coefficient (Wildman–Crippen LogP) is 4.35. The highest BCUT2D eigenvalue weighted by atomic mass is 16.6. The molecule has 1 saturated heterocycles. The first kappa shape index (κ1) is 20.6. The number of carbonyl (C=O) groups is 1. The van der Waals surface area contributed by atoms with Crippen molar-refractivity contribution in [3.8, 4) is 0 Å². The Morgan fingerprint density at radius 2 is 2.03 bits per heavy atom. The Morgan fingerprint density at radius 1 is 1.31 bits per heavy atom. The van der Waals surface area contributed by atoms with Gasteiger partial charge in [-0.05, 0) is 50.1 Å². The van der Waals surface area contributed by atoms with E-state index in [1.54, 1.807) is 5.57 Å². The lowest BCUT2D eigenvalue weighted by molar-refractivity contribution is -0.145. The van der Waals surface area contributed by atoms with E-state index < -0.39 is 6.10 Å². The first-order valence-electron chi connectivity index (χ1n) is 11.2. The molecule has 7 atom stereocenters. The molecule has 0 bridgehead atoms. The summed E-state index contributed by atoms with van der Waals surface area (Å²) in [5, 5.41) is 10.8. The maximum atomic E-state index is 12.8. The van der Waals surface area contributed by atoms with Gasteiger partial charge in [0, 0.05) is 18.5 Å². The van der Waals surface area contributed by atoms with E-state index in [0.29, 0.717) is 12.5 Å². The van der Waals surface area contributed by atoms with Crippen LogP contribution in [0.25, 0.3) is 0 Å². The van der Waals surface area contributed by atoms with Crippen molar-refractivity contribution in [1.82, 2.24) is 4.90 Å². The second kappa shape index (κ2) is 7.88. The van der Waals surface area contributed by atoms with Crippen LogP contribution in [0.5, 0.6) is 0 Å². The molecule has 2 fully saturated rings. The average Bonchev–Trinajstić information content (AvgIpc) is 2.99. The normalized spacial score (nSPS) is 36.1. The first-order valence-corrected chi connectivity index (χ1v) is 11.2. The van der Waals surface area contributed by atoms with Gasteiger partial charge in [0.15, 0.2) is 0 Å². The van der Waals surface area contributed by atoms with Gasteiger partial charge in [-0.3, -0.25) is 9.69 Å². The summed E-state index contributed by atoms with van der Waals surface area (Å²) in [6.45, 7) is 7.33. The summed E-state index contributed by atoms with van der Waals surface area (Å²) in [7, 11) is 2.00. The largest absolute Gasteiger partial charge is 0.461 e. The van der Waals surface area contributed by atoms with Crippen LogP contribution in [0.2, 0.25) is 0 Å². The lowest BCUT2D eigenvalue weighted by atomic mass is 9.59. The molecule has 4 heteroatoms. The Labute approximate surface area is 174 Å². The summed E-state index contributed by atoms with van der Waals surface area (Å²) in [5.41, 5.74) is 2.65. The molecule has 29 heavy (non-hydrogen) atoms. The van der Waals surface area contributed by atoms with Gasteiger partial charge in [0.2, 0.25) is 0 Å². The van der Waals surface area contributed by atoms with E-state index in [2.05, 4.69) is 24.8 Å². The molecule has 1 aromatic rings. The number of nitrogens with zero attached hydrogens (tertiary/aromatic N) is 1. The number of likely N-dealkylation sites (N-methyl/N-ethyl adjacent to an activating group) is 1. The standard InChI is InChI=1S/C25H35NO3/c1-16-9-8-12-25(3)14-22-19(13-21(16)25)20(24(28)29-22)15-26(4)17(2)23(27)18-10-6-5-7-11-18/h5-7,10-11,13,16-17,19-20,22-23,27H,8-9,12,14-15H2,1-4H3. The van der Waals surface area contributed by atoms with Crippen molar-refractivity contribution in [3.63, 3.8) is 0 Å². The van der Waals surface area contributed by atoms with Crippen LogP contribution in [0.1, 0.15) is 58.1 Å². The second-order valence-corrected chi connectivity index (χ2v) is 9.87. The van der Waals surface area contributed by atoms with Crippen LogP contribution in [-0.2, 0) is 9.53 Å². The van der Waals surface area contributed by atoms with E-state index in [1.165, 1.54) is 19.3 Å². The minimum absolute atomic E-state index is 0.00861. The number of benzene rings is 1. The second-order valence-electron chi connectivity index (χ2n) is 9.87. The third-order valence-corrected chi connectivity index (χ3v) is 7.86. The summed E-state index contributed by atoms with van der Waals surface area (Å²) in [5.74, 6) is 0.541. The van der Waals surface area contributed by atoms with Crippen LogP contribution in [0, 0.1) is 23.2 Å². The molecule has 0 radical (unpaired) electrons. The number of aliphatic hydroxyl groups is 1. The average molecular weight is 398 g/mol. The summed E-state index contributed by atoms with van der Waals surface area (Å²) in [6.07, 6.45) is 6.51. The fourth-order valence-corrected chi connectivity index (χ4v) is 5.91. The molecule has 7 unspecified atom stereocenters. The third kappa shape index (κ3) is 3.77. The topological polar surface area (TPSA) is 49.8 Å². The van der Waals surface area contributed by atoms with Crippen LogP contribution >= 0.6 is 0 Å². The van der Waals surface area contributed by atoms with Gasteiger partial charge in [0.1, 0.15) is 6.10 Å². The molecule has 3 aliphatic rings. The predicted molar refractivity (Wildman–Crippen MR) is 114 cm³/mol. The molecular weight excluding hydrogens is 362 g/mol. The SMILES string of the molecule is CC1CCCC2(C)CC3OC(=O)C(CN(C)C(C)C(O)c4ccccc4)C3C=C12. The molecule has 1 saturated carbocycles. The highest BCUT2D eigenvalue weighted by Gasteiger charge is 2.52. The van der Waals surface area contributed by atoms with Crippen molar-refractivity contribution in [2.24, 2.45) is 23.2 Å². The van der Waals surface area contributed by atoms with Crippen molar-refractivity contribution in [2.45, 2.75) is 64.7 Å². The number of esters is 1. The number of ether oxygens (including phenoxy) is 1. The van der Waals surface area contributed by atoms with E-state index >= 15 is 0 Å². The van der Waals surface area contributed by atoms with Crippen molar-refractivity contribution >= 4 is 5.97 Å². The molecule has 0 amide bonds. The van der Waals surface area contributed by atoms with Gasteiger partial charge in [-0.15, -0.1) is 0 Å². The Hall–Kier alpha value is -1.65. The van der Waals surface area contributed by atoms with E-state index in [1.807, 2.05) is 44.3 Å². The Kier molecular flexibility index (Phi) is 5.60. The van der Waals surface area contributed by atoms with Crippen LogP contribution in [-0.4, -0.2) is 41.7 Å². The molecule has 1 aromatic carbocycles. The van der Waals surface area contributed by atoms with Gasteiger partial charge in [-0.1, -0.05) is 62.2 Å². The lowest BCUT2D eigenvalue weighted by Gasteiger charge is -2.46. The quantitative estimate of drug-likeness (QED) is 0.593. The third-order valence-electron chi connectivity index (χ3n) is 7.86. The highest BCUT2D eigenvalue weighted by molar-refractivity contribution is 5.76. The molecule has 1 N–H and O–H groups in total. The van der Waals surface area contributed by atoms with Gasteiger partial charge in [0.05, 0.1) is 12.0 Å².